The Hall–Kier alpha value is -2.65. The molecule has 0 aromatic carbocycles. The Morgan fingerprint density at radius 2 is 1.85 bits per heavy atom. The summed E-state index contributed by atoms with van der Waals surface area (Å²) in [5.74, 6) is -0.923. The molecule has 2 aromatic heterocycles. The largest absolute Gasteiger partial charge is 0.420 e. The predicted molar refractivity (Wildman–Crippen MR) is 87.6 cm³/mol. The number of Topliss-reactive ketones (excluding diaryl/α,β-unsaturated/α-hetero) is 1. The third-order valence-electron chi connectivity index (χ3n) is 4.21. The van der Waals surface area contributed by atoms with Gasteiger partial charge in [-0.1, -0.05) is 12.8 Å². The number of hydrogen-bond donors (Lipinski definition) is 1. The van der Waals surface area contributed by atoms with Gasteiger partial charge in [-0.2, -0.15) is 13.2 Å². The molecule has 0 aliphatic carbocycles. The zero-order valence-corrected chi connectivity index (χ0v) is 14.1. The van der Waals surface area contributed by atoms with E-state index in [-0.39, 0.29) is 41.2 Å². The van der Waals surface area contributed by atoms with Gasteiger partial charge in [0.1, 0.15) is 11.4 Å². The SMILES string of the molecule is CN1CCCCCCC(=O)c2nnc(o2)-c2nc1c(C(F)(F)F)cc2N. The highest BCUT2D eigenvalue weighted by Gasteiger charge is 2.37. The zero-order chi connectivity index (χ0) is 18.9. The van der Waals surface area contributed by atoms with E-state index >= 15 is 0 Å². The molecule has 1 aliphatic rings. The van der Waals surface area contributed by atoms with E-state index in [0.29, 0.717) is 19.4 Å². The summed E-state index contributed by atoms with van der Waals surface area (Å²) in [5.41, 5.74) is 4.52. The number of rotatable bonds is 0. The van der Waals surface area contributed by atoms with Crippen LogP contribution in [-0.4, -0.2) is 34.6 Å². The van der Waals surface area contributed by atoms with Crippen molar-refractivity contribution < 1.29 is 22.4 Å². The molecule has 0 fully saturated rings. The number of nitrogens with zero attached hydrogens (tertiary/aromatic N) is 4. The summed E-state index contributed by atoms with van der Waals surface area (Å²) in [6.07, 6.45) is -1.42. The van der Waals surface area contributed by atoms with Crippen molar-refractivity contribution in [3.8, 4) is 11.6 Å². The maximum atomic E-state index is 13.4. The molecular weight excluding hydrogens is 351 g/mol. The average Bonchev–Trinajstić information content (AvgIpc) is 3.05. The molecule has 4 bridgehead atoms. The molecule has 3 rings (SSSR count). The molecule has 0 unspecified atom stereocenters. The Bertz CT molecular complexity index is 819. The molecule has 140 valence electrons. The van der Waals surface area contributed by atoms with E-state index in [2.05, 4.69) is 15.2 Å². The van der Waals surface area contributed by atoms with Crippen LogP contribution in [0, 0.1) is 0 Å². The summed E-state index contributed by atoms with van der Waals surface area (Å²) < 4.78 is 45.5. The van der Waals surface area contributed by atoms with E-state index in [1.165, 1.54) is 4.90 Å². The third-order valence-corrected chi connectivity index (χ3v) is 4.21. The number of carbonyl (C=O) groups excluding carboxylic acids is 1. The number of alkyl halides is 3. The van der Waals surface area contributed by atoms with Gasteiger partial charge in [0, 0.05) is 20.0 Å². The number of anilines is 2. The second kappa shape index (κ2) is 6.93. The second-order valence-electron chi connectivity index (χ2n) is 6.22. The zero-order valence-electron chi connectivity index (χ0n) is 14.1. The number of ketones is 1. The quantitative estimate of drug-likeness (QED) is 0.760. The molecular formula is C16H18F3N5O2. The van der Waals surface area contributed by atoms with Crippen LogP contribution in [0.2, 0.25) is 0 Å². The van der Waals surface area contributed by atoms with Crippen LogP contribution in [-0.2, 0) is 6.18 Å². The van der Waals surface area contributed by atoms with Crippen LogP contribution >= 0.6 is 0 Å². The van der Waals surface area contributed by atoms with Crippen LogP contribution in [0.15, 0.2) is 10.5 Å². The van der Waals surface area contributed by atoms with Crippen molar-refractivity contribution in [2.24, 2.45) is 0 Å². The van der Waals surface area contributed by atoms with Gasteiger partial charge in [0.15, 0.2) is 5.69 Å². The van der Waals surface area contributed by atoms with Crippen molar-refractivity contribution in [2.45, 2.75) is 38.3 Å². The summed E-state index contributed by atoms with van der Waals surface area (Å²) in [4.78, 5) is 17.5. The lowest BCUT2D eigenvalue weighted by atomic mass is 10.1. The van der Waals surface area contributed by atoms with E-state index in [0.717, 1.165) is 18.9 Å². The minimum absolute atomic E-state index is 0.0662. The standard InChI is InChI=1S/C16H18F3N5O2/c1-24-7-5-3-2-4-6-11(25)14-22-23-15(26-14)12-10(20)8-9(13(24)21-12)16(17,18)19/h8H,2-7,20H2,1H3. The first kappa shape index (κ1) is 18.2. The van der Waals surface area contributed by atoms with Gasteiger partial charge in [-0.15, -0.1) is 10.2 Å². The number of carbonyl (C=O) groups is 1. The lowest BCUT2D eigenvalue weighted by molar-refractivity contribution is -0.137. The maximum absolute atomic E-state index is 13.4. The topological polar surface area (TPSA) is 98.1 Å². The molecule has 0 saturated carbocycles. The van der Waals surface area contributed by atoms with Crippen molar-refractivity contribution in [1.82, 2.24) is 15.2 Å². The molecule has 0 saturated heterocycles. The molecule has 0 radical (unpaired) electrons. The van der Waals surface area contributed by atoms with Crippen molar-refractivity contribution in [1.29, 1.82) is 0 Å². The number of fused-ring (bicyclic) bond motifs is 5. The van der Waals surface area contributed by atoms with Gasteiger partial charge in [0.2, 0.25) is 5.78 Å². The van der Waals surface area contributed by atoms with E-state index < -0.39 is 11.7 Å². The number of aromatic nitrogens is 3. The van der Waals surface area contributed by atoms with Gasteiger partial charge in [-0.3, -0.25) is 4.79 Å². The normalized spacial score (nSPS) is 16.5. The Labute approximate surface area is 147 Å². The minimum Gasteiger partial charge on any atom is -0.412 e. The molecule has 10 heteroatoms. The van der Waals surface area contributed by atoms with Crippen LogP contribution in [0.4, 0.5) is 24.7 Å². The summed E-state index contributed by atoms with van der Waals surface area (Å²) in [6, 6.07) is 0.811. The molecule has 2 aromatic rings. The fraction of sp³-hybridized carbons (Fsp3) is 0.500. The number of nitrogens with two attached hydrogens (primary N) is 1. The Morgan fingerprint density at radius 3 is 2.58 bits per heavy atom. The van der Waals surface area contributed by atoms with Crippen molar-refractivity contribution in [2.75, 3.05) is 24.2 Å². The minimum atomic E-state index is -4.61. The highest BCUT2D eigenvalue weighted by Crippen LogP contribution is 2.39. The fourth-order valence-corrected chi connectivity index (χ4v) is 2.82. The van der Waals surface area contributed by atoms with Crippen LogP contribution in [0.25, 0.3) is 11.6 Å². The van der Waals surface area contributed by atoms with Crippen LogP contribution in [0.3, 0.4) is 0 Å². The number of pyridine rings is 1. The summed E-state index contributed by atoms with van der Waals surface area (Å²) in [5, 5.41) is 7.41. The number of halogens is 3. The van der Waals surface area contributed by atoms with Crippen molar-refractivity contribution in [3.63, 3.8) is 0 Å². The maximum Gasteiger partial charge on any atom is 0.420 e. The van der Waals surface area contributed by atoms with Gasteiger partial charge < -0.3 is 15.1 Å². The molecule has 0 amide bonds. The summed E-state index contributed by atoms with van der Waals surface area (Å²) >= 11 is 0. The molecule has 3 heterocycles. The first-order chi connectivity index (χ1) is 12.3. The first-order valence-corrected chi connectivity index (χ1v) is 8.23. The van der Waals surface area contributed by atoms with Crippen LogP contribution < -0.4 is 10.6 Å². The highest BCUT2D eigenvalue weighted by atomic mass is 19.4. The van der Waals surface area contributed by atoms with Crippen LogP contribution in [0.5, 0.6) is 0 Å². The highest BCUT2D eigenvalue weighted by molar-refractivity contribution is 5.91. The molecule has 2 N–H and O–H groups in total. The van der Waals surface area contributed by atoms with E-state index in [4.69, 9.17) is 10.2 Å². The summed E-state index contributed by atoms with van der Waals surface area (Å²) in [6.45, 7) is 0.391. The monoisotopic (exact) mass is 369 g/mol. The van der Waals surface area contributed by atoms with E-state index in [1.54, 1.807) is 7.05 Å². The smallest absolute Gasteiger partial charge is 0.412 e. The van der Waals surface area contributed by atoms with Gasteiger partial charge in [0.25, 0.3) is 11.8 Å². The van der Waals surface area contributed by atoms with Crippen molar-refractivity contribution in [3.05, 3.63) is 17.5 Å². The predicted octanol–water partition coefficient (Wildman–Crippen LogP) is 3.32. The van der Waals surface area contributed by atoms with Gasteiger partial charge in [-0.05, 0) is 18.9 Å². The number of nitrogen functional groups attached to an aromatic ring is 1. The summed E-state index contributed by atoms with van der Waals surface area (Å²) in [7, 11) is 1.55. The molecule has 0 atom stereocenters. The van der Waals surface area contributed by atoms with Crippen molar-refractivity contribution >= 4 is 17.3 Å². The second-order valence-corrected chi connectivity index (χ2v) is 6.22. The lowest BCUT2D eigenvalue weighted by Crippen LogP contribution is -2.24. The Kier molecular flexibility index (Phi) is 4.84. The fourth-order valence-electron chi connectivity index (χ4n) is 2.82. The van der Waals surface area contributed by atoms with E-state index in [1.807, 2.05) is 0 Å². The Balaban J connectivity index is 2.14. The first-order valence-electron chi connectivity index (χ1n) is 8.23. The lowest BCUT2D eigenvalue weighted by Gasteiger charge is -2.23. The molecule has 0 spiro atoms. The van der Waals surface area contributed by atoms with Gasteiger partial charge >= 0.3 is 6.18 Å². The number of hydrogen-bond acceptors (Lipinski definition) is 7. The average molecular weight is 369 g/mol. The van der Waals surface area contributed by atoms with Gasteiger partial charge in [0.05, 0.1) is 5.69 Å². The molecule has 7 nitrogen and oxygen atoms in total. The van der Waals surface area contributed by atoms with Gasteiger partial charge in [-0.25, -0.2) is 4.98 Å². The van der Waals surface area contributed by atoms with Crippen LogP contribution in [0.1, 0.15) is 48.4 Å². The molecule has 1 aliphatic heterocycles. The third kappa shape index (κ3) is 3.63. The molecule has 26 heavy (non-hydrogen) atoms. The Morgan fingerprint density at radius 1 is 1.15 bits per heavy atom. The van der Waals surface area contributed by atoms with E-state index in [9.17, 15) is 18.0 Å².